The molecule has 16 bridgehead atoms. The molecule has 7 saturated carbocycles. The molecular formula is C76H94N2O12. The van der Waals surface area contributed by atoms with Crippen LogP contribution in [-0.4, -0.2) is 111 Å². The number of Topliss-reactive ketones (excluding diaryl/α,β-unsaturated/α-hetero) is 1. The van der Waals surface area contributed by atoms with Crippen LogP contribution in [0.15, 0.2) is 60.2 Å². The van der Waals surface area contributed by atoms with Gasteiger partial charge >= 0.3 is 11.9 Å². The summed E-state index contributed by atoms with van der Waals surface area (Å²) in [5, 5.41) is 84.1. The SMILES string of the molecule is CNCC1CCC2(C#CC3CCC(CC3)OCC(O)C(C)(O)CNc3cc(C4C#CC5CC(=O)Oc6c5cc(c(O)c6C5CCCCC5)CC5OC(=O)C(=CC(O)Cc6cccc(c6)CC6C(=O)CC7CCC8C9CCCCC9C5(O)C7C68)C4)cc(c3)C2O)C1. The highest BCUT2D eigenvalue weighted by atomic mass is 16.6. The zero-order valence-electron chi connectivity index (χ0n) is 52.7. The van der Waals surface area contributed by atoms with E-state index in [0.717, 1.165) is 120 Å². The van der Waals surface area contributed by atoms with Gasteiger partial charge in [0.15, 0.2) is 0 Å². The third-order valence-corrected chi connectivity index (χ3v) is 24.5. The summed E-state index contributed by atoms with van der Waals surface area (Å²) in [6.07, 6.45) is 12.6. The lowest BCUT2D eigenvalue weighted by Crippen LogP contribution is -2.71. The molecule has 0 saturated heterocycles. The number of benzene rings is 3. The van der Waals surface area contributed by atoms with Crippen molar-refractivity contribution in [2.45, 2.75) is 220 Å². The Hall–Kier alpha value is -5.55. The number of ketones is 1. The van der Waals surface area contributed by atoms with Crippen molar-refractivity contribution in [3.05, 3.63) is 99.1 Å². The summed E-state index contributed by atoms with van der Waals surface area (Å²) in [5.41, 5.74) is 1.26. The third-order valence-electron chi connectivity index (χ3n) is 24.5. The van der Waals surface area contributed by atoms with E-state index in [-0.39, 0.29) is 115 Å². The quantitative estimate of drug-likeness (QED) is 0.0692. The summed E-state index contributed by atoms with van der Waals surface area (Å²) in [6.45, 7) is 2.20. The number of aliphatic hydroxyl groups is 5. The number of ether oxygens (including phenoxy) is 3. The van der Waals surface area contributed by atoms with Crippen LogP contribution in [0, 0.1) is 82.4 Å². The fourth-order valence-electron chi connectivity index (χ4n) is 20.0. The summed E-state index contributed by atoms with van der Waals surface area (Å²) >= 11 is 0. The van der Waals surface area contributed by atoms with Crippen molar-refractivity contribution in [2.75, 3.05) is 32.1 Å². The first-order chi connectivity index (χ1) is 43.4. The van der Waals surface area contributed by atoms with Gasteiger partial charge in [0.1, 0.15) is 40.7 Å². The van der Waals surface area contributed by atoms with Gasteiger partial charge in [0, 0.05) is 65.9 Å². The first kappa shape index (κ1) is 61.9. The van der Waals surface area contributed by atoms with E-state index >= 15 is 4.79 Å². The number of carbonyl (C=O) groups is 3. The number of aliphatic hydroxyl groups excluding tert-OH is 3. The van der Waals surface area contributed by atoms with Gasteiger partial charge in [-0.1, -0.05) is 86.1 Å². The van der Waals surface area contributed by atoms with Gasteiger partial charge in [-0.15, -0.1) is 0 Å². The molecule has 5 aliphatic heterocycles. The number of rotatable bonds is 4. The second-order valence-electron chi connectivity index (χ2n) is 30.2. The average Bonchev–Trinajstić information content (AvgIpc) is 0.753. The van der Waals surface area contributed by atoms with Crippen LogP contribution in [0.3, 0.4) is 0 Å². The molecule has 3 aromatic carbocycles. The molecule has 14 nitrogen and oxygen atoms in total. The lowest BCUT2D eigenvalue weighted by molar-refractivity contribution is -0.265. The van der Waals surface area contributed by atoms with Crippen molar-refractivity contribution in [3.63, 3.8) is 0 Å². The second-order valence-corrected chi connectivity index (χ2v) is 30.2. The van der Waals surface area contributed by atoms with Gasteiger partial charge in [0.05, 0.1) is 42.7 Å². The smallest absolute Gasteiger partial charge is 0.334 e. The predicted octanol–water partition coefficient (Wildman–Crippen LogP) is 10.1. The molecule has 15 rings (SSSR count). The first-order valence-electron chi connectivity index (χ1n) is 34.7. The maximum atomic E-state index is 16.3. The molecule has 7 aliphatic carbocycles. The largest absolute Gasteiger partial charge is 0.507 e. The van der Waals surface area contributed by atoms with Crippen LogP contribution in [0.5, 0.6) is 11.5 Å². The zero-order valence-corrected chi connectivity index (χ0v) is 52.7. The number of carbonyl (C=O) groups excluding carboxylic acids is 3. The Balaban J connectivity index is 0.974. The number of hydrogen-bond donors (Lipinski definition) is 8. The van der Waals surface area contributed by atoms with Gasteiger partial charge in [-0.05, 0) is 216 Å². The Kier molecular flexibility index (Phi) is 17.2. The van der Waals surface area contributed by atoms with E-state index in [4.69, 9.17) is 14.2 Å². The molecule has 17 atom stereocenters. The molecule has 0 amide bonds. The summed E-state index contributed by atoms with van der Waals surface area (Å²) in [7, 11) is 1.95. The number of fused-ring (bicyclic) bond motifs is 17. The number of nitrogens with one attached hydrogen (secondary N) is 2. The van der Waals surface area contributed by atoms with Crippen molar-refractivity contribution in [2.24, 2.45) is 58.7 Å². The van der Waals surface area contributed by atoms with E-state index in [9.17, 15) is 40.2 Å². The Morgan fingerprint density at radius 1 is 0.756 bits per heavy atom. The van der Waals surface area contributed by atoms with Crippen molar-refractivity contribution in [3.8, 4) is 35.2 Å². The van der Waals surface area contributed by atoms with E-state index in [0.29, 0.717) is 64.9 Å². The Morgan fingerprint density at radius 3 is 2.33 bits per heavy atom. The van der Waals surface area contributed by atoms with Crippen LogP contribution in [0.1, 0.15) is 205 Å². The fourth-order valence-corrected chi connectivity index (χ4v) is 20.0. The van der Waals surface area contributed by atoms with E-state index in [1.165, 1.54) is 0 Å². The van der Waals surface area contributed by atoms with Crippen LogP contribution in [0.4, 0.5) is 5.69 Å². The molecular weight excluding hydrogens is 1130 g/mol. The first-order valence-corrected chi connectivity index (χ1v) is 34.7. The standard InChI is InChI=1S/C76H94N2O12/c1-74(86)42-78-55-32-51(31-53(33-55)72(84)75(26-24-46(39-75)40-77-2)25-23-43-15-20-57(21-16-43)88-41-64(74)81)48-17-18-49-38-66(82)90-71-60(49)35-52(70(83)67(71)47-11-4-3-5-12-47)37-65-76(87)62-14-7-6-13-58(62)59-22-19-50-36-63(80)61(68(59)69(50)76)29-45-10-8-9-44(27-45)28-56(79)34-54(30-48)73(85)89-65/h8-10,27,31-35,43,46-50,56-59,61-62,64-65,68-69,72,77-79,81,83-84,86-87H,3-7,11-16,19-22,24,26,28-30,36-42H2,1-2H3. The van der Waals surface area contributed by atoms with Crippen molar-refractivity contribution in [1.29, 1.82) is 0 Å². The molecule has 8 N–H and O–H groups in total. The number of anilines is 1. The van der Waals surface area contributed by atoms with Gasteiger partial charge in [0.2, 0.25) is 0 Å². The molecule has 0 radical (unpaired) electrons. The second kappa shape index (κ2) is 25.1. The maximum Gasteiger partial charge on any atom is 0.334 e. The number of phenolic OH excluding ortho intramolecular Hbond substituents is 1. The molecule has 5 heterocycles. The van der Waals surface area contributed by atoms with Gasteiger partial charge < -0.3 is 55.5 Å². The van der Waals surface area contributed by atoms with E-state index in [2.05, 4.69) is 46.4 Å². The minimum absolute atomic E-state index is 0.0156. The van der Waals surface area contributed by atoms with E-state index < -0.39 is 70.7 Å². The topological polar surface area (TPSA) is 224 Å². The Bertz CT molecular complexity index is 3410. The van der Waals surface area contributed by atoms with Crippen LogP contribution in [0.2, 0.25) is 0 Å². The number of hydrogen-bond acceptors (Lipinski definition) is 14. The summed E-state index contributed by atoms with van der Waals surface area (Å²) in [5.74, 6) is 11.5. The molecule has 3 aromatic rings. The molecule has 17 unspecified atom stereocenters. The molecule has 7 fully saturated rings. The lowest BCUT2D eigenvalue weighted by atomic mass is 9.40. The molecule has 1 spiro atoms. The average molecular weight is 1230 g/mol. The van der Waals surface area contributed by atoms with Gasteiger partial charge in [0.25, 0.3) is 0 Å². The molecule has 90 heavy (non-hydrogen) atoms. The summed E-state index contributed by atoms with van der Waals surface area (Å²) in [6, 6.07) is 15.8. The van der Waals surface area contributed by atoms with Gasteiger partial charge in [-0.2, -0.15) is 0 Å². The summed E-state index contributed by atoms with van der Waals surface area (Å²) < 4.78 is 19.9. The Labute approximate surface area is 531 Å². The number of aromatic hydroxyl groups is 1. The van der Waals surface area contributed by atoms with Crippen molar-refractivity contribution in [1.82, 2.24) is 5.32 Å². The van der Waals surface area contributed by atoms with Gasteiger partial charge in [-0.3, -0.25) is 9.59 Å². The van der Waals surface area contributed by atoms with Gasteiger partial charge in [-0.25, -0.2) is 4.79 Å². The van der Waals surface area contributed by atoms with Crippen LogP contribution < -0.4 is 15.4 Å². The van der Waals surface area contributed by atoms with Crippen LogP contribution >= 0.6 is 0 Å². The third kappa shape index (κ3) is 11.7. The van der Waals surface area contributed by atoms with E-state index in [1.807, 2.05) is 43.4 Å². The highest BCUT2D eigenvalue weighted by Crippen LogP contribution is 2.66. The van der Waals surface area contributed by atoms with E-state index in [1.54, 1.807) is 13.0 Å². The van der Waals surface area contributed by atoms with Crippen molar-refractivity contribution >= 4 is 23.4 Å². The Morgan fingerprint density at radius 2 is 1.52 bits per heavy atom. The molecule has 480 valence electrons. The zero-order chi connectivity index (χ0) is 62.2. The number of esters is 2. The number of phenols is 1. The highest BCUT2D eigenvalue weighted by molar-refractivity contribution is 5.89. The maximum absolute atomic E-state index is 16.3. The highest BCUT2D eigenvalue weighted by Gasteiger charge is 2.69. The molecule has 14 heteroatoms. The monoisotopic (exact) mass is 1230 g/mol. The normalized spacial score (nSPS) is 39.4. The lowest BCUT2D eigenvalue weighted by Gasteiger charge is -2.66. The molecule has 0 aromatic heterocycles. The van der Waals surface area contributed by atoms with Crippen molar-refractivity contribution < 1.29 is 59.2 Å². The molecule has 12 aliphatic rings. The van der Waals surface area contributed by atoms with Crippen LogP contribution in [0.25, 0.3) is 0 Å². The van der Waals surface area contributed by atoms with Crippen LogP contribution in [-0.2, 0) is 43.1 Å². The summed E-state index contributed by atoms with van der Waals surface area (Å²) in [4.78, 5) is 45.4. The fraction of sp³-hybridized carbons (Fsp3) is 0.645. The predicted molar refractivity (Wildman–Crippen MR) is 340 cm³/mol. The minimum atomic E-state index is -1.66. The minimum Gasteiger partial charge on any atom is -0.507 e.